The molecule has 36 heavy (non-hydrogen) atoms. The van der Waals surface area contributed by atoms with Crippen LogP contribution in [-0.2, 0) is 31.9 Å². The number of hydrogen-bond donors (Lipinski definition) is 2. The van der Waals surface area contributed by atoms with Crippen LogP contribution in [0.4, 0.5) is 4.39 Å². The summed E-state index contributed by atoms with van der Waals surface area (Å²) in [4.78, 5) is 32.8. The first kappa shape index (κ1) is 23.8. The molecule has 3 heterocycles. The van der Waals surface area contributed by atoms with Gasteiger partial charge in [-0.2, -0.15) is 0 Å². The first-order valence-electron chi connectivity index (χ1n) is 12.1. The molecule has 1 fully saturated rings. The van der Waals surface area contributed by atoms with Gasteiger partial charge in [0.2, 0.25) is 0 Å². The number of nitrogens with zero attached hydrogens (tertiary/aromatic N) is 2. The minimum absolute atomic E-state index is 0.291. The summed E-state index contributed by atoms with van der Waals surface area (Å²) in [6.45, 7) is -0.103. The van der Waals surface area contributed by atoms with E-state index in [9.17, 15) is 14.0 Å². The van der Waals surface area contributed by atoms with Gasteiger partial charge in [0, 0.05) is 29.6 Å². The Hall–Kier alpha value is -3.88. The van der Waals surface area contributed by atoms with Gasteiger partial charge in [-0.05, 0) is 36.5 Å². The van der Waals surface area contributed by atoms with Crippen molar-refractivity contribution < 1.29 is 23.5 Å². The van der Waals surface area contributed by atoms with E-state index < -0.39 is 36.9 Å². The fraction of sp³-hybridized carbons (Fsp3) is 0.370. The van der Waals surface area contributed by atoms with Crippen LogP contribution in [-0.4, -0.2) is 65.3 Å². The number of para-hydroxylation sites is 1. The molecule has 0 spiro atoms. The number of esters is 1. The smallest absolute Gasteiger partial charge is 0.328 e. The van der Waals surface area contributed by atoms with Gasteiger partial charge in [0.15, 0.2) is 12.9 Å². The number of amidine groups is 1. The number of aromatic nitrogens is 1. The molecule has 1 aromatic heterocycles. The van der Waals surface area contributed by atoms with Gasteiger partial charge >= 0.3 is 5.97 Å². The van der Waals surface area contributed by atoms with Crippen molar-refractivity contribution in [3.05, 3.63) is 71.4 Å². The van der Waals surface area contributed by atoms with Crippen molar-refractivity contribution in [2.24, 2.45) is 0 Å². The van der Waals surface area contributed by atoms with Crippen molar-refractivity contribution in [2.75, 3.05) is 20.3 Å². The largest absolute Gasteiger partial charge is 0.467 e. The van der Waals surface area contributed by atoms with Gasteiger partial charge in [0.25, 0.3) is 11.9 Å². The summed E-state index contributed by atoms with van der Waals surface area (Å²) in [5.74, 6) is -0.981. The number of rotatable bonds is 5. The third-order valence-corrected chi connectivity index (χ3v) is 7.05. The number of benzene rings is 2. The van der Waals surface area contributed by atoms with Crippen LogP contribution in [0, 0.1) is 5.41 Å². The van der Waals surface area contributed by atoms with E-state index in [0.717, 1.165) is 27.7 Å². The van der Waals surface area contributed by atoms with E-state index in [1.807, 2.05) is 54.6 Å². The lowest BCUT2D eigenvalue weighted by Crippen LogP contribution is -2.53. The third kappa shape index (κ3) is 4.41. The van der Waals surface area contributed by atoms with E-state index in [2.05, 4.69) is 4.98 Å². The number of H-pyrrole nitrogens is 1. The second kappa shape index (κ2) is 10.0. The molecule has 1 saturated heterocycles. The maximum atomic E-state index is 14.0. The lowest BCUT2D eigenvalue weighted by Gasteiger charge is -2.41. The molecule has 8 nitrogen and oxygen atoms in total. The highest BCUT2D eigenvalue weighted by molar-refractivity contribution is 5.91. The number of ether oxygens (including phenoxy) is 2. The maximum absolute atomic E-state index is 14.0. The molecule has 2 aromatic carbocycles. The SMILES string of the molecule is COC(=O)[C@H]1Cc2c([nH]c3ccccc23)[C@H](Cc2ccccc2)N1C(=O)COC(=N)N1CCC[C@@H]1F. The molecule has 3 atom stereocenters. The monoisotopic (exact) mass is 492 g/mol. The highest BCUT2D eigenvalue weighted by Crippen LogP contribution is 2.39. The van der Waals surface area contributed by atoms with Crippen LogP contribution in [0.3, 0.4) is 0 Å². The van der Waals surface area contributed by atoms with E-state index in [1.165, 1.54) is 16.9 Å². The third-order valence-electron chi connectivity index (χ3n) is 7.05. The van der Waals surface area contributed by atoms with Crippen molar-refractivity contribution in [3.8, 4) is 0 Å². The molecular weight excluding hydrogens is 463 g/mol. The van der Waals surface area contributed by atoms with E-state index in [0.29, 0.717) is 32.2 Å². The fourth-order valence-electron chi connectivity index (χ4n) is 5.33. The molecule has 0 bridgehead atoms. The number of amides is 1. The van der Waals surface area contributed by atoms with E-state index in [-0.39, 0.29) is 6.02 Å². The summed E-state index contributed by atoms with van der Waals surface area (Å²) in [6, 6.07) is 15.9. The molecule has 3 aromatic rings. The predicted octanol–water partition coefficient (Wildman–Crippen LogP) is 3.72. The Morgan fingerprint density at radius 1 is 1.14 bits per heavy atom. The molecule has 1 amide bonds. The number of hydrogen-bond acceptors (Lipinski definition) is 5. The van der Waals surface area contributed by atoms with Crippen molar-refractivity contribution in [1.82, 2.24) is 14.8 Å². The Bertz CT molecular complexity index is 1280. The summed E-state index contributed by atoms with van der Waals surface area (Å²) in [7, 11) is 1.31. The number of alkyl halides is 1. The molecule has 0 saturated carbocycles. The normalized spacial score (nSPS) is 21.3. The van der Waals surface area contributed by atoms with Gasteiger partial charge in [0.1, 0.15) is 6.04 Å². The first-order valence-corrected chi connectivity index (χ1v) is 12.1. The van der Waals surface area contributed by atoms with E-state index in [1.54, 1.807) is 0 Å². The average molecular weight is 493 g/mol. The van der Waals surface area contributed by atoms with Crippen LogP contribution in [0.1, 0.15) is 35.7 Å². The van der Waals surface area contributed by atoms with Crippen molar-refractivity contribution in [1.29, 1.82) is 5.41 Å². The topological polar surface area (TPSA) is 98.7 Å². The fourth-order valence-corrected chi connectivity index (χ4v) is 5.33. The molecule has 0 aliphatic carbocycles. The van der Waals surface area contributed by atoms with Crippen molar-refractivity contribution in [2.45, 2.75) is 44.1 Å². The number of likely N-dealkylation sites (tertiary alicyclic amines) is 1. The number of carbonyl (C=O) groups is 2. The highest BCUT2D eigenvalue weighted by atomic mass is 19.1. The molecule has 188 valence electrons. The van der Waals surface area contributed by atoms with Gasteiger partial charge < -0.3 is 19.4 Å². The number of halogens is 1. The van der Waals surface area contributed by atoms with Crippen LogP contribution in [0.15, 0.2) is 54.6 Å². The Morgan fingerprint density at radius 3 is 2.61 bits per heavy atom. The summed E-state index contributed by atoms with van der Waals surface area (Å²) >= 11 is 0. The minimum atomic E-state index is -1.29. The molecule has 2 N–H and O–H groups in total. The Kier molecular flexibility index (Phi) is 6.63. The number of nitrogens with one attached hydrogen (secondary N) is 2. The van der Waals surface area contributed by atoms with Crippen LogP contribution in [0.2, 0.25) is 0 Å². The molecular formula is C27H29FN4O4. The van der Waals surface area contributed by atoms with Crippen LogP contribution < -0.4 is 0 Å². The summed E-state index contributed by atoms with van der Waals surface area (Å²) < 4.78 is 24.6. The van der Waals surface area contributed by atoms with Gasteiger partial charge in [-0.1, -0.05) is 48.5 Å². The second-order valence-corrected chi connectivity index (χ2v) is 9.18. The molecule has 2 aliphatic rings. The lowest BCUT2D eigenvalue weighted by atomic mass is 9.88. The maximum Gasteiger partial charge on any atom is 0.328 e. The van der Waals surface area contributed by atoms with Gasteiger partial charge in [-0.25, -0.2) is 9.18 Å². The van der Waals surface area contributed by atoms with Crippen molar-refractivity contribution in [3.63, 3.8) is 0 Å². The zero-order valence-corrected chi connectivity index (χ0v) is 20.1. The van der Waals surface area contributed by atoms with Gasteiger partial charge in [-0.15, -0.1) is 0 Å². The molecule has 0 unspecified atom stereocenters. The number of methoxy groups -OCH3 is 1. The predicted molar refractivity (Wildman–Crippen MR) is 132 cm³/mol. The zero-order valence-electron chi connectivity index (χ0n) is 20.1. The summed E-state index contributed by atoms with van der Waals surface area (Å²) in [5, 5.41) is 9.12. The van der Waals surface area contributed by atoms with E-state index in [4.69, 9.17) is 14.9 Å². The Labute approximate surface area is 208 Å². The molecule has 9 heteroatoms. The van der Waals surface area contributed by atoms with Crippen LogP contribution in [0.5, 0.6) is 0 Å². The first-order chi connectivity index (χ1) is 17.5. The standard InChI is InChI=1S/C27H29FN4O4/c1-35-26(34)22-15-19-18-10-5-6-11-20(18)30-25(19)21(14-17-8-3-2-4-9-17)32(22)24(33)16-36-27(29)31-13-7-12-23(31)28/h2-6,8-11,21-23,29-30H,7,12-16H2,1H3/t21-,22+,23+/m0/s1. The second-order valence-electron chi connectivity index (χ2n) is 9.18. The number of aromatic amines is 1. The molecule has 5 rings (SSSR count). The quantitative estimate of drug-likeness (QED) is 0.245. The Morgan fingerprint density at radius 2 is 1.89 bits per heavy atom. The van der Waals surface area contributed by atoms with Gasteiger partial charge in [0.05, 0.1) is 13.2 Å². The minimum Gasteiger partial charge on any atom is -0.467 e. The van der Waals surface area contributed by atoms with Gasteiger partial charge in [-0.3, -0.25) is 15.1 Å². The van der Waals surface area contributed by atoms with Crippen LogP contribution in [0.25, 0.3) is 10.9 Å². The Balaban J connectivity index is 1.50. The van der Waals surface area contributed by atoms with E-state index >= 15 is 0 Å². The summed E-state index contributed by atoms with van der Waals surface area (Å²) in [5.41, 5.74) is 3.78. The molecule has 2 aliphatic heterocycles. The lowest BCUT2D eigenvalue weighted by molar-refractivity contribution is -0.157. The number of carbonyl (C=O) groups excluding carboxylic acids is 2. The van der Waals surface area contributed by atoms with Crippen LogP contribution >= 0.6 is 0 Å². The highest BCUT2D eigenvalue weighted by Gasteiger charge is 2.43. The molecule has 0 radical (unpaired) electrons. The van der Waals surface area contributed by atoms with Crippen molar-refractivity contribution >= 4 is 28.8 Å². The summed E-state index contributed by atoms with van der Waals surface area (Å²) in [6.07, 6.45) is 0.429. The zero-order chi connectivity index (χ0) is 25.2. The number of fused-ring (bicyclic) bond motifs is 3. The average Bonchev–Trinajstić information content (AvgIpc) is 3.50.